The Labute approximate surface area is 156 Å². The molecule has 24 heavy (non-hydrogen) atoms. The van der Waals surface area contributed by atoms with Crippen molar-refractivity contribution >= 4 is 33.4 Å². The fourth-order valence-electron chi connectivity index (χ4n) is 3.18. The molecule has 0 spiro atoms. The standard InChI is InChI=1S/C23H17I/c1-16-8-10-17(11-9-16)21-6-2-4-19-5-3-7-22(23(19)21)18-12-14-20(24)15-13-18/h2-15H,1H3. The number of fused-ring (bicyclic) bond motifs is 1. The van der Waals surface area contributed by atoms with Crippen LogP contribution in [0, 0.1) is 10.5 Å². The molecule has 0 saturated heterocycles. The van der Waals surface area contributed by atoms with E-state index < -0.39 is 0 Å². The highest BCUT2D eigenvalue weighted by molar-refractivity contribution is 14.1. The number of benzene rings is 4. The summed E-state index contributed by atoms with van der Waals surface area (Å²) in [4.78, 5) is 0. The summed E-state index contributed by atoms with van der Waals surface area (Å²) in [5.74, 6) is 0. The molecule has 0 aliphatic carbocycles. The topological polar surface area (TPSA) is 0 Å². The molecule has 1 heteroatoms. The van der Waals surface area contributed by atoms with Gasteiger partial charge in [0.2, 0.25) is 0 Å². The summed E-state index contributed by atoms with van der Waals surface area (Å²) in [7, 11) is 0. The average Bonchev–Trinajstić information content (AvgIpc) is 2.62. The van der Waals surface area contributed by atoms with E-state index in [1.54, 1.807) is 0 Å². The second kappa shape index (κ2) is 6.40. The second-order valence-electron chi connectivity index (χ2n) is 6.08. The van der Waals surface area contributed by atoms with Gasteiger partial charge in [-0.25, -0.2) is 0 Å². The summed E-state index contributed by atoms with van der Waals surface area (Å²) >= 11 is 2.35. The number of hydrogen-bond acceptors (Lipinski definition) is 0. The molecule has 0 saturated carbocycles. The number of hydrogen-bond donors (Lipinski definition) is 0. The molecule has 0 radical (unpaired) electrons. The molecule has 0 heterocycles. The molecule has 0 fully saturated rings. The monoisotopic (exact) mass is 420 g/mol. The highest BCUT2D eigenvalue weighted by atomic mass is 127. The van der Waals surface area contributed by atoms with E-state index in [-0.39, 0.29) is 0 Å². The Morgan fingerprint density at radius 1 is 0.583 bits per heavy atom. The average molecular weight is 420 g/mol. The second-order valence-corrected chi connectivity index (χ2v) is 7.33. The number of aryl methyl sites for hydroxylation is 1. The lowest BCUT2D eigenvalue weighted by atomic mass is 9.91. The quantitative estimate of drug-likeness (QED) is 0.304. The molecule has 0 nitrogen and oxygen atoms in total. The van der Waals surface area contributed by atoms with Crippen LogP contribution >= 0.6 is 22.6 Å². The molecule has 4 aromatic carbocycles. The molecular formula is C23H17I. The van der Waals surface area contributed by atoms with Crippen LogP contribution in [0.5, 0.6) is 0 Å². The smallest absolute Gasteiger partial charge is 0.0130 e. The van der Waals surface area contributed by atoms with Crippen molar-refractivity contribution in [3.05, 3.63) is 94.1 Å². The van der Waals surface area contributed by atoms with Crippen molar-refractivity contribution < 1.29 is 0 Å². The summed E-state index contributed by atoms with van der Waals surface area (Å²) in [6.07, 6.45) is 0. The molecular weight excluding hydrogens is 403 g/mol. The third-order valence-corrected chi connectivity index (χ3v) is 5.14. The van der Waals surface area contributed by atoms with E-state index in [1.807, 2.05) is 0 Å². The zero-order valence-electron chi connectivity index (χ0n) is 13.5. The van der Waals surface area contributed by atoms with Gasteiger partial charge in [-0.05, 0) is 74.7 Å². The van der Waals surface area contributed by atoms with Crippen LogP contribution in [0.25, 0.3) is 33.0 Å². The van der Waals surface area contributed by atoms with Crippen molar-refractivity contribution in [2.45, 2.75) is 6.92 Å². The van der Waals surface area contributed by atoms with E-state index in [2.05, 4.69) is 114 Å². The third kappa shape index (κ3) is 2.84. The van der Waals surface area contributed by atoms with Crippen LogP contribution in [0.15, 0.2) is 84.9 Å². The Kier molecular flexibility index (Phi) is 4.11. The van der Waals surface area contributed by atoms with Gasteiger partial charge in [0.15, 0.2) is 0 Å². The van der Waals surface area contributed by atoms with Crippen molar-refractivity contribution in [2.75, 3.05) is 0 Å². The van der Waals surface area contributed by atoms with Gasteiger partial charge in [-0.2, -0.15) is 0 Å². The van der Waals surface area contributed by atoms with Crippen LogP contribution in [0.4, 0.5) is 0 Å². The van der Waals surface area contributed by atoms with Gasteiger partial charge in [0.1, 0.15) is 0 Å². The predicted octanol–water partition coefficient (Wildman–Crippen LogP) is 7.09. The first kappa shape index (κ1) is 15.4. The van der Waals surface area contributed by atoms with Gasteiger partial charge in [-0.15, -0.1) is 0 Å². The van der Waals surface area contributed by atoms with Gasteiger partial charge in [0.25, 0.3) is 0 Å². The summed E-state index contributed by atoms with van der Waals surface area (Å²) in [5.41, 5.74) is 6.41. The summed E-state index contributed by atoms with van der Waals surface area (Å²) in [6, 6.07) is 30.7. The van der Waals surface area contributed by atoms with E-state index in [4.69, 9.17) is 0 Å². The molecule has 0 N–H and O–H groups in total. The van der Waals surface area contributed by atoms with Gasteiger partial charge in [-0.3, -0.25) is 0 Å². The Balaban J connectivity index is 2.01. The van der Waals surface area contributed by atoms with Crippen molar-refractivity contribution in [1.82, 2.24) is 0 Å². The van der Waals surface area contributed by atoms with Crippen molar-refractivity contribution in [3.63, 3.8) is 0 Å². The van der Waals surface area contributed by atoms with E-state index in [0.717, 1.165) is 0 Å². The maximum absolute atomic E-state index is 2.35. The van der Waals surface area contributed by atoms with Crippen LogP contribution < -0.4 is 0 Å². The molecule has 0 aliphatic rings. The Morgan fingerprint density at radius 3 is 1.62 bits per heavy atom. The molecule has 0 unspecified atom stereocenters. The van der Waals surface area contributed by atoms with Crippen LogP contribution in [-0.4, -0.2) is 0 Å². The molecule has 0 bridgehead atoms. The van der Waals surface area contributed by atoms with Gasteiger partial charge in [-0.1, -0.05) is 78.4 Å². The Bertz CT molecular complexity index is 916. The zero-order chi connectivity index (χ0) is 16.5. The first-order valence-electron chi connectivity index (χ1n) is 8.07. The van der Waals surface area contributed by atoms with E-state index >= 15 is 0 Å². The van der Waals surface area contributed by atoms with Crippen LogP contribution in [0.1, 0.15) is 5.56 Å². The first-order chi connectivity index (χ1) is 11.7. The molecule has 0 aliphatic heterocycles. The maximum Gasteiger partial charge on any atom is 0.0130 e. The normalized spacial score (nSPS) is 10.9. The molecule has 0 amide bonds. The predicted molar refractivity (Wildman–Crippen MR) is 112 cm³/mol. The lowest BCUT2D eigenvalue weighted by Gasteiger charge is -2.13. The molecule has 4 aromatic rings. The first-order valence-corrected chi connectivity index (χ1v) is 9.15. The van der Waals surface area contributed by atoms with Gasteiger partial charge in [0.05, 0.1) is 0 Å². The van der Waals surface area contributed by atoms with E-state index in [9.17, 15) is 0 Å². The number of halogens is 1. The van der Waals surface area contributed by atoms with E-state index in [0.29, 0.717) is 0 Å². The fraction of sp³-hybridized carbons (Fsp3) is 0.0435. The van der Waals surface area contributed by atoms with Crippen LogP contribution in [0.2, 0.25) is 0 Å². The van der Waals surface area contributed by atoms with Crippen molar-refractivity contribution in [3.8, 4) is 22.3 Å². The minimum atomic E-state index is 1.26. The third-order valence-electron chi connectivity index (χ3n) is 4.42. The Hall–Kier alpha value is -2.13. The minimum absolute atomic E-state index is 1.26. The van der Waals surface area contributed by atoms with Crippen molar-refractivity contribution in [2.24, 2.45) is 0 Å². The van der Waals surface area contributed by atoms with E-state index in [1.165, 1.54) is 42.2 Å². The molecule has 0 aromatic heterocycles. The molecule has 0 atom stereocenters. The zero-order valence-corrected chi connectivity index (χ0v) is 15.6. The van der Waals surface area contributed by atoms with Crippen molar-refractivity contribution in [1.29, 1.82) is 0 Å². The fourth-order valence-corrected chi connectivity index (χ4v) is 3.54. The van der Waals surface area contributed by atoms with Gasteiger partial charge >= 0.3 is 0 Å². The minimum Gasteiger partial charge on any atom is -0.0610 e. The largest absolute Gasteiger partial charge is 0.0610 e. The molecule has 4 rings (SSSR count). The summed E-state index contributed by atoms with van der Waals surface area (Å²) in [5, 5.41) is 2.61. The van der Waals surface area contributed by atoms with Crippen LogP contribution in [-0.2, 0) is 0 Å². The Morgan fingerprint density at radius 2 is 1.08 bits per heavy atom. The lowest BCUT2D eigenvalue weighted by Crippen LogP contribution is -1.87. The lowest BCUT2D eigenvalue weighted by molar-refractivity contribution is 1.47. The highest BCUT2D eigenvalue weighted by Crippen LogP contribution is 2.36. The summed E-state index contributed by atoms with van der Waals surface area (Å²) in [6.45, 7) is 2.13. The maximum atomic E-state index is 2.35. The van der Waals surface area contributed by atoms with Crippen LogP contribution in [0.3, 0.4) is 0 Å². The summed E-state index contributed by atoms with van der Waals surface area (Å²) < 4.78 is 1.26. The molecule has 116 valence electrons. The SMILES string of the molecule is Cc1ccc(-c2cccc3cccc(-c4ccc(I)cc4)c23)cc1. The van der Waals surface area contributed by atoms with Gasteiger partial charge < -0.3 is 0 Å². The number of rotatable bonds is 2. The van der Waals surface area contributed by atoms with Gasteiger partial charge in [0, 0.05) is 3.57 Å². The highest BCUT2D eigenvalue weighted by Gasteiger charge is 2.09.